The molecule has 9 heteroatoms. The van der Waals surface area contributed by atoms with Gasteiger partial charge >= 0.3 is 0 Å². The smallest absolute Gasteiger partial charge is 0.242 e. The highest BCUT2D eigenvalue weighted by molar-refractivity contribution is 5.93. The summed E-state index contributed by atoms with van der Waals surface area (Å²) in [4.78, 5) is 16.3. The van der Waals surface area contributed by atoms with Crippen molar-refractivity contribution in [2.24, 2.45) is 5.73 Å². The summed E-state index contributed by atoms with van der Waals surface area (Å²) in [5.41, 5.74) is 6.88. The van der Waals surface area contributed by atoms with E-state index in [0.717, 1.165) is 5.56 Å². The Morgan fingerprint density at radius 3 is 2.69 bits per heavy atom. The average molecular weight is 362 g/mol. The third-order valence-electron chi connectivity index (χ3n) is 4.30. The van der Waals surface area contributed by atoms with E-state index in [1.165, 1.54) is 17.1 Å². The summed E-state index contributed by atoms with van der Waals surface area (Å²) in [7, 11) is 0. The van der Waals surface area contributed by atoms with Gasteiger partial charge < -0.3 is 35.7 Å². The van der Waals surface area contributed by atoms with E-state index < -0.39 is 37.2 Å². The molecule has 0 saturated carbocycles. The predicted molar refractivity (Wildman–Crippen MR) is 92.0 cm³/mol. The third-order valence-corrected chi connectivity index (χ3v) is 4.30. The molecule has 0 bridgehead atoms. The zero-order valence-corrected chi connectivity index (χ0v) is 14.0. The second-order valence-electron chi connectivity index (χ2n) is 6.22. The first kappa shape index (κ1) is 18.5. The zero-order valence-electron chi connectivity index (χ0n) is 14.0. The third kappa shape index (κ3) is 3.92. The molecule has 2 heterocycles. The van der Waals surface area contributed by atoms with Gasteiger partial charge in [-0.1, -0.05) is 30.3 Å². The average Bonchev–Trinajstić information content (AvgIpc) is 3.21. The molecular weight excluding hydrogens is 340 g/mol. The molecule has 0 unspecified atom stereocenters. The maximum Gasteiger partial charge on any atom is 0.242 e. The van der Waals surface area contributed by atoms with Gasteiger partial charge in [0.1, 0.15) is 18.3 Å². The van der Waals surface area contributed by atoms with Crippen LogP contribution in [0.4, 0.5) is 5.82 Å². The highest BCUT2D eigenvalue weighted by Gasteiger charge is 2.43. The number of hydrogen-bond acceptors (Lipinski definition) is 7. The van der Waals surface area contributed by atoms with Gasteiger partial charge in [0, 0.05) is 0 Å². The first-order valence-electron chi connectivity index (χ1n) is 8.26. The van der Waals surface area contributed by atoms with E-state index in [9.17, 15) is 15.0 Å². The maximum absolute atomic E-state index is 12.2. The van der Waals surface area contributed by atoms with Gasteiger partial charge in [-0.15, -0.1) is 0 Å². The summed E-state index contributed by atoms with van der Waals surface area (Å²) in [5, 5.41) is 31.6. The van der Waals surface area contributed by atoms with Crippen LogP contribution < -0.4 is 11.1 Å². The number of aliphatic hydroxyl groups is 3. The number of nitrogens with zero attached hydrogens (tertiary/aromatic N) is 2. The van der Waals surface area contributed by atoms with Crippen LogP contribution in [-0.4, -0.2) is 61.7 Å². The molecule has 1 aromatic heterocycles. The lowest BCUT2D eigenvalue weighted by atomic mass is 10.1. The van der Waals surface area contributed by atoms with E-state index >= 15 is 0 Å². The van der Waals surface area contributed by atoms with Crippen molar-refractivity contribution in [1.29, 1.82) is 0 Å². The number of aliphatic hydroxyl groups excluding tert-OH is 3. The van der Waals surface area contributed by atoms with Crippen molar-refractivity contribution in [3.05, 3.63) is 48.4 Å². The van der Waals surface area contributed by atoms with Gasteiger partial charge in [-0.3, -0.25) is 4.79 Å². The Morgan fingerprint density at radius 2 is 2.04 bits per heavy atom. The molecule has 1 saturated heterocycles. The lowest BCUT2D eigenvalue weighted by Crippen LogP contribution is -2.37. The molecule has 1 aliphatic heterocycles. The van der Waals surface area contributed by atoms with Gasteiger partial charge in [0.2, 0.25) is 5.91 Å². The van der Waals surface area contributed by atoms with Crippen LogP contribution in [0.15, 0.2) is 42.9 Å². The summed E-state index contributed by atoms with van der Waals surface area (Å²) >= 11 is 0. The molecule has 26 heavy (non-hydrogen) atoms. The standard InChI is InChI=1S/C17H22N4O5/c18-11(6-10-4-2-1-3-5-10)16(25)20-13-7-21(9-19-13)17-15(24)14(23)12(8-22)26-17/h1-5,7,9,11-12,14-15,17,22-24H,6,8,18H2,(H,20,25)/t11-,12-,14-,15-,17-/m1/s1. The van der Waals surface area contributed by atoms with Crippen molar-refractivity contribution < 1.29 is 24.9 Å². The Bertz CT molecular complexity index is 738. The summed E-state index contributed by atoms with van der Waals surface area (Å²) in [6.45, 7) is -0.415. The summed E-state index contributed by atoms with van der Waals surface area (Å²) in [5.74, 6) is -0.142. The van der Waals surface area contributed by atoms with Gasteiger partial charge in [-0.05, 0) is 12.0 Å². The Hall–Kier alpha value is -2.30. The fourth-order valence-electron chi connectivity index (χ4n) is 2.85. The van der Waals surface area contributed by atoms with Gasteiger partial charge in [0.15, 0.2) is 12.0 Å². The summed E-state index contributed by atoms with van der Waals surface area (Å²) < 4.78 is 6.82. The molecule has 6 N–H and O–H groups in total. The molecule has 0 aliphatic carbocycles. The van der Waals surface area contributed by atoms with Crippen molar-refractivity contribution in [3.63, 3.8) is 0 Å². The number of ether oxygens (including phenoxy) is 1. The Balaban J connectivity index is 1.60. The normalized spacial score (nSPS) is 26.6. The van der Waals surface area contributed by atoms with Crippen LogP contribution in [0.1, 0.15) is 11.8 Å². The van der Waals surface area contributed by atoms with Gasteiger partial charge in [0.25, 0.3) is 0 Å². The number of carbonyl (C=O) groups excluding carboxylic acids is 1. The molecule has 0 radical (unpaired) electrons. The molecule has 1 aliphatic rings. The number of aromatic nitrogens is 2. The summed E-state index contributed by atoms with van der Waals surface area (Å²) in [6.07, 6.45) is -0.989. The number of amides is 1. The first-order valence-corrected chi connectivity index (χ1v) is 8.26. The molecule has 1 fully saturated rings. The van der Waals surface area contributed by atoms with Crippen LogP contribution in [0.3, 0.4) is 0 Å². The molecule has 1 aromatic carbocycles. The van der Waals surface area contributed by atoms with Crippen molar-refractivity contribution in [2.75, 3.05) is 11.9 Å². The SMILES string of the molecule is N[C@H](Cc1ccccc1)C(=O)Nc1cn([C@@H]2O[C@H](CO)[C@@H](O)[C@H]2O)cn1. The molecular formula is C17H22N4O5. The van der Waals surface area contributed by atoms with E-state index in [-0.39, 0.29) is 11.7 Å². The second kappa shape index (κ2) is 7.94. The number of anilines is 1. The first-order chi connectivity index (χ1) is 12.5. The van der Waals surface area contributed by atoms with Crippen LogP contribution in [-0.2, 0) is 16.0 Å². The molecule has 3 rings (SSSR count). The predicted octanol–water partition coefficient (Wildman–Crippen LogP) is -0.997. The van der Waals surface area contributed by atoms with Crippen molar-refractivity contribution in [3.8, 4) is 0 Å². The summed E-state index contributed by atoms with van der Waals surface area (Å²) in [6, 6.07) is 8.69. The van der Waals surface area contributed by atoms with Crippen molar-refractivity contribution in [1.82, 2.24) is 9.55 Å². The zero-order chi connectivity index (χ0) is 18.7. The molecule has 2 aromatic rings. The number of nitrogens with one attached hydrogen (secondary N) is 1. The van der Waals surface area contributed by atoms with Crippen LogP contribution in [0.5, 0.6) is 0 Å². The second-order valence-corrected chi connectivity index (χ2v) is 6.22. The molecule has 1 amide bonds. The van der Waals surface area contributed by atoms with E-state index in [1.54, 1.807) is 0 Å². The fourth-order valence-corrected chi connectivity index (χ4v) is 2.85. The van der Waals surface area contributed by atoms with E-state index in [4.69, 9.17) is 15.6 Å². The Morgan fingerprint density at radius 1 is 1.31 bits per heavy atom. The van der Waals surface area contributed by atoms with E-state index in [2.05, 4.69) is 10.3 Å². The van der Waals surface area contributed by atoms with Gasteiger partial charge in [-0.2, -0.15) is 0 Å². The quantitative estimate of drug-likeness (QED) is 0.444. The van der Waals surface area contributed by atoms with Crippen LogP contribution in [0.2, 0.25) is 0 Å². The van der Waals surface area contributed by atoms with Gasteiger partial charge in [0.05, 0.1) is 25.2 Å². The van der Waals surface area contributed by atoms with Crippen LogP contribution in [0, 0.1) is 0 Å². The maximum atomic E-state index is 12.2. The monoisotopic (exact) mass is 362 g/mol. The Labute approximate surface area is 150 Å². The number of imidazole rings is 1. The molecule has 5 atom stereocenters. The van der Waals surface area contributed by atoms with Gasteiger partial charge in [-0.25, -0.2) is 4.98 Å². The number of hydrogen-bond donors (Lipinski definition) is 5. The number of nitrogens with two attached hydrogens (primary N) is 1. The minimum Gasteiger partial charge on any atom is -0.394 e. The highest BCUT2D eigenvalue weighted by Crippen LogP contribution is 2.29. The van der Waals surface area contributed by atoms with Crippen molar-refractivity contribution >= 4 is 11.7 Å². The van der Waals surface area contributed by atoms with Crippen molar-refractivity contribution in [2.45, 2.75) is 37.0 Å². The molecule has 9 nitrogen and oxygen atoms in total. The minimum absolute atomic E-state index is 0.247. The highest BCUT2D eigenvalue weighted by atomic mass is 16.6. The van der Waals surface area contributed by atoms with Crippen LogP contribution in [0.25, 0.3) is 0 Å². The Kier molecular flexibility index (Phi) is 5.64. The number of carbonyl (C=O) groups is 1. The van der Waals surface area contributed by atoms with E-state index in [1.807, 2.05) is 30.3 Å². The topological polar surface area (TPSA) is 143 Å². The number of benzene rings is 1. The molecule has 140 valence electrons. The lowest BCUT2D eigenvalue weighted by Gasteiger charge is -2.15. The van der Waals surface area contributed by atoms with Crippen LogP contribution >= 0.6 is 0 Å². The van der Waals surface area contributed by atoms with E-state index in [0.29, 0.717) is 6.42 Å². The minimum atomic E-state index is -1.22. The molecule has 0 spiro atoms. The largest absolute Gasteiger partial charge is 0.394 e. The fraction of sp³-hybridized carbons (Fsp3) is 0.412. The lowest BCUT2D eigenvalue weighted by molar-refractivity contribution is -0.117. The number of rotatable bonds is 6.